The second-order valence-electron chi connectivity index (χ2n) is 8.09. The van der Waals surface area contributed by atoms with Crippen molar-refractivity contribution in [3.63, 3.8) is 0 Å². The van der Waals surface area contributed by atoms with E-state index in [0.29, 0.717) is 10.9 Å². The number of nitrogens with zero attached hydrogens (tertiary/aromatic N) is 3. The Morgan fingerprint density at radius 1 is 1.03 bits per heavy atom. The molecule has 1 aliphatic rings. The first-order valence-electron chi connectivity index (χ1n) is 10.8. The lowest BCUT2D eigenvalue weighted by atomic mass is 10.1. The van der Waals surface area contributed by atoms with Crippen molar-refractivity contribution >= 4 is 33.9 Å². The van der Waals surface area contributed by atoms with Gasteiger partial charge < -0.3 is 10.2 Å². The van der Waals surface area contributed by atoms with Crippen molar-refractivity contribution in [1.82, 2.24) is 9.55 Å². The fraction of sp³-hybridized carbons (Fsp3) is 0.192. The molecule has 0 fully saturated rings. The average Bonchev–Trinajstić information content (AvgIpc) is 3.24. The van der Waals surface area contributed by atoms with Gasteiger partial charge in [0.05, 0.1) is 17.2 Å². The fourth-order valence-corrected chi connectivity index (χ4v) is 4.27. The van der Waals surface area contributed by atoms with E-state index in [1.165, 1.54) is 22.1 Å². The van der Waals surface area contributed by atoms with Gasteiger partial charge in [0.1, 0.15) is 0 Å². The van der Waals surface area contributed by atoms with Crippen LogP contribution in [0.25, 0.3) is 10.9 Å². The Hall–Kier alpha value is -3.93. The van der Waals surface area contributed by atoms with Gasteiger partial charge in [-0.3, -0.25) is 14.2 Å². The van der Waals surface area contributed by atoms with Gasteiger partial charge in [-0.1, -0.05) is 30.3 Å². The predicted molar refractivity (Wildman–Crippen MR) is 128 cm³/mol. The van der Waals surface area contributed by atoms with E-state index in [0.717, 1.165) is 29.9 Å². The van der Waals surface area contributed by atoms with Crippen LogP contribution >= 0.6 is 0 Å². The third-order valence-corrected chi connectivity index (χ3v) is 5.98. The summed E-state index contributed by atoms with van der Waals surface area (Å²) in [5.41, 5.74) is 6.00. The highest BCUT2D eigenvalue weighted by Crippen LogP contribution is 2.34. The number of amides is 1. The van der Waals surface area contributed by atoms with Crippen LogP contribution in [0.1, 0.15) is 17.5 Å². The summed E-state index contributed by atoms with van der Waals surface area (Å²) in [5, 5.41) is 3.50. The third kappa shape index (κ3) is 3.75. The number of nitrogens with one attached hydrogen (secondary N) is 1. The van der Waals surface area contributed by atoms with E-state index >= 15 is 0 Å². The summed E-state index contributed by atoms with van der Waals surface area (Å²) in [7, 11) is 0. The Morgan fingerprint density at radius 3 is 2.69 bits per heavy atom. The van der Waals surface area contributed by atoms with Crippen molar-refractivity contribution in [1.29, 1.82) is 0 Å². The number of hydrogen-bond donors (Lipinski definition) is 1. The molecule has 0 bridgehead atoms. The van der Waals surface area contributed by atoms with Gasteiger partial charge in [0.15, 0.2) is 0 Å². The topological polar surface area (TPSA) is 67.2 Å². The van der Waals surface area contributed by atoms with Crippen LogP contribution < -0.4 is 15.8 Å². The van der Waals surface area contributed by atoms with Crippen molar-refractivity contribution in [2.45, 2.75) is 26.3 Å². The number of benzene rings is 3. The number of anilines is 3. The molecule has 4 aromatic rings. The van der Waals surface area contributed by atoms with Gasteiger partial charge >= 0.3 is 0 Å². The highest BCUT2D eigenvalue weighted by Gasteiger charge is 2.19. The quantitative estimate of drug-likeness (QED) is 0.515. The van der Waals surface area contributed by atoms with Gasteiger partial charge in [0.25, 0.3) is 5.56 Å². The molecule has 1 amide bonds. The molecule has 160 valence electrons. The molecule has 6 heteroatoms. The molecule has 1 N–H and O–H groups in total. The van der Waals surface area contributed by atoms with Crippen molar-refractivity contribution in [3.05, 3.63) is 94.5 Å². The van der Waals surface area contributed by atoms with Gasteiger partial charge in [0.2, 0.25) is 5.91 Å². The molecule has 0 atom stereocenters. The van der Waals surface area contributed by atoms with Gasteiger partial charge in [0, 0.05) is 36.6 Å². The maximum Gasteiger partial charge on any atom is 0.261 e. The molecular weight excluding hydrogens is 400 g/mol. The molecule has 0 spiro atoms. The minimum absolute atomic E-state index is 0.123. The first-order chi connectivity index (χ1) is 15.6. The first-order valence-corrected chi connectivity index (χ1v) is 10.8. The maximum atomic E-state index is 12.7. The largest absolute Gasteiger partial charge is 0.341 e. The Bertz CT molecular complexity index is 1360. The molecule has 6 nitrogen and oxygen atoms in total. The van der Waals surface area contributed by atoms with E-state index in [4.69, 9.17) is 0 Å². The van der Waals surface area contributed by atoms with E-state index in [-0.39, 0.29) is 24.4 Å². The molecule has 0 saturated carbocycles. The first kappa shape index (κ1) is 20.0. The van der Waals surface area contributed by atoms with Crippen LogP contribution in [-0.2, 0) is 17.8 Å². The molecule has 1 aromatic heterocycles. The Morgan fingerprint density at radius 2 is 1.84 bits per heavy atom. The van der Waals surface area contributed by atoms with Gasteiger partial charge in [-0.05, 0) is 60.9 Å². The minimum Gasteiger partial charge on any atom is -0.341 e. The minimum atomic E-state index is -0.138. The summed E-state index contributed by atoms with van der Waals surface area (Å²) in [6.45, 7) is 3.17. The van der Waals surface area contributed by atoms with Crippen molar-refractivity contribution in [2.24, 2.45) is 0 Å². The van der Waals surface area contributed by atoms with Crippen LogP contribution in [0.3, 0.4) is 0 Å². The summed E-state index contributed by atoms with van der Waals surface area (Å²) in [5.74, 6) is -0.138. The van der Waals surface area contributed by atoms with Crippen LogP contribution in [0.5, 0.6) is 0 Å². The number of aromatic nitrogens is 2. The zero-order valence-corrected chi connectivity index (χ0v) is 17.9. The van der Waals surface area contributed by atoms with Gasteiger partial charge in [-0.15, -0.1) is 0 Å². The standard InChI is InChI=1S/C26H24N4O2/c1-18-5-4-7-22-25(18)27-17-29(26(22)32)15-14-24(31)28-20-9-11-21(12-10-20)30-16-13-19-6-2-3-8-23(19)30/h2-12,17H,13-16H2,1H3,(H,28,31). The van der Waals surface area contributed by atoms with Crippen molar-refractivity contribution < 1.29 is 4.79 Å². The number of carbonyl (C=O) groups excluding carboxylic acids is 1. The molecular formula is C26H24N4O2. The summed E-state index contributed by atoms with van der Waals surface area (Å²) in [4.78, 5) is 31.8. The zero-order valence-electron chi connectivity index (χ0n) is 17.9. The Balaban J connectivity index is 1.23. The molecule has 2 heterocycles. The second-order valence-corrected chi connectivity index (χ2v) is 8.09. The molecule has 1 aliphatic heterocycles. The van der Waals surface area contributed by atoms with Crippen LogP contribution in [-0.4, -0.2) is 22.0 Å². The lowest BCUT2D eigenvalue weighted by Gasteiger charge is -2.20. The van der Waals surface area contributed by atoms with Crippen LogP contribution in [0.2, 0.25) is 0 Å². The summed E-state index contributed by atoms with van der Waals surface area (Å²) in [6.07, 6.45) is 2.75. The SMILES string of the molecule is Cc1cccc2c(=O)n(CCC(=O)Nc3ccc(N4CCc5ccccc54)cc3)cnc12. The number of hydrogen-bond acceptors (Lipinski definition) is 4. The van der Waals surface area contributed by atoms with Crippen LogP contribution in [0, 0.1) is 6.92 Å². The molecule has 0 unspecified atom stereocenters. The average molecular weight is 425 g/mol. The van der Waals surface area contributed by atoms with E-state index in [2.05, 4.69) is 39.5 Å². The lowest BCUT2D eigenvalue weighted by Crippen LogP contribution is -2.23. The van der Waals surface area contributed by atoms with E-state index in [1.807, 2.05) is 43.3 Å². The monoisotopic (exact) mass is 424 g/mol. The number of rotatable bonds is 5. The molecule has 0 radical (unpaired) electrons. The highest BCUT2D eigenvalue weighted by molar-refractivity contribution is 5.91. The number of carbonyl (C=O) groups is 1. The van der Waals surface area contributed by atoms with Crippen LogP contribution in [0.15, 0.2) is 77.9 Å². The number of fused-ring (bicyclic) bond motifs is 2. The van der Waals surface area contributed by atoms with E-state index in [9.17, 15) is 9.59 Å². The Kier molecular flexibility index (Phi) is 5.19. The smallest absolute Gasteiger partial charge is 0.261 e. The number of aryl methyl sites for hydroxylation is 2. The summed E-state index contributed by atoms with van der Waals surface area (Å²) in [6, 6.07) is 21.9. The fourth-order valence-electron chi connectivity index (χ4n) is 4.27. The molecule has 0 saturated heterocycles. The summed E-state index contributed by atoms with van der Waals surface area (Å²) >= 11 is 0. The van der Waals surface area contributed by atoms with Gasteiger partial charge in [-0.2, -0.15) is 0 Å². The molecule has 3 aromatic carbocycles. The van der Waals surface area contributed by atoms with E-state index in [1.54, 1.807) is 6.07 Å². The molecule has 0 aliphatic carbocycles. The zero-order chi connectivity index (χ0) is 22.1. The second kappa shape index (κ2) is 8.30. The number of para-hydroxylation sites is 2. The molecule has 5 rings (SSSR count). The molecule has 32 heavy (non-hydrogen) atoms. The Labute approximate surface area is 186 Å². The van der Waals surface area contributed by atoms with Crippen molar-refractivity contribution in [3.8, 4) is 0 Å². The predicted octanol–water partition coefficient (Wildman–Crippen LogP) is 4.43. The third-order valence-electron chi connectivity index (χ3n) is 5.98. The normalized spacial score (nSPS) is 12.7. The summed E-state index contributed by atoms with van der Waals surface area (Å²) < 4.78 is 1.50. The highest BCUT2D eigenvalue weighted by atomic mass is 16.2. The lowest BCUT2D eigenvalue weighted by molar-refractivity contribution is -0.116. The van der Waals surface area contributed by atoms with Gasteiger partial charge in [-0.25, -0.2) is 4.98 Å². The van der Waals surface area contributed by atoms with Crippen molar-refractivity contribution in [2.75, 3.05) is 16.8 Å². The maximum absolute atomic E-state index is 12.7. The van der Waals surface area contributed by atoms with Crippen LogP contribution in [0.4, 0.5) is 17.1 Å². The van der Waals surface area contributed by atoms with E-state index < -0.39 is 0 Å².